The van der Waals surface area contributed by atoms with E-state index in [9.17, 15) is 0 Å². The van der Waals surface area contributed by atoms with Crippen molar-refractivity contribution < 1.29 is 0 Å². The molecule has 1 radical (unpaired) electrons. The van der Waals surface area contributed by atoms with E-state index in [2.05, 4.69) is 62.5 Å². The van der Waals surface area contributed by atoms with Crippen molar-refractivity contribution in [2.24, 2.45) is 0 Å². The summed E-state index contributed by atoms with van der Waals surface area (Å²) in [5, 5.41) is 0. The maximum absolute atomic E-state index is 3.84. The monoisotopic (exact) mass is 231 g/mol. The fourth-order valence-corrected chi connectivity index (χ4v) is 1.40. The quantitative estimate of drug-likeness (QED) is 0.329. The number of hydrogen-bond donors (Lipinski definition) is 0. The fraction of sp³-hybridized carbons (Fsp3) is 0.471. The highest BCUT2D eigenvalue weighted by Crippen LogP contribution is 2.02. The van der Waals surface area contributed by atoms with Crippen molar-refractivity contribution in [2.45, 2.75) is 51.9 Å². The van der Waals surface area contributed by atoms with Crippen LogP contribution in [0.5, 0.6) is 0 Å². The molecule has 0 saturated carbocycles. The topological polar surface area (TPSA) is 0 Å². The van der Waals surface area contributed by atoms with Crippen LogP contribution in [0, 0.1) is 6.92 Å². The van der Waals surface area contributed by atoms with E-state index >= 15 is 0 Å². The summed E-state index contributed by atoms with van der Waals surface area (Å²) in [5.74, 6) is 0. The van der Waals surface area contributed by atoms with E-state index in [1.165, 1.54) is 25.7 Å². The molecule has 0 N–H and O–H groups in total. The maximum atomic E-state index is 3.84. The van der Waals surface area contributed by atoms with Crippen molar-refractivity contribution in [3.05, 3.63) is 55.5 Å². The van der Waals surface area contributed by atoms with Gasteiger partial charge in [-0.3, -0.25) is 0 Å². The summed E-state index contributed by atoms with van der Waals surface area (Å²) >= 11 is 0. The lowest BCUT2D eigenvalue weighted by molar-refractivity contribution is 0.695. The van der Waals surface area contributed by atoms with E-state index < -0.39 is 0 Å². The van der Waals surface area contributed by atoms with E-state index in [1.807, 2.05) is 0 Å². The number of unbranched alkanes of at least 4 members (excludes halogenated alkanes) is 4. The molecule has 0 rings (SSSR count). The molecular weight excluding hydrogens is 204 g/mol. The molecule has 0 heteroatoms. The molecule has 0 amide bonds. The van der Waals surface area contributed by atoms with E-state index in [1.54, 1.807) is 0 Å². The smallest absolute Gasteiger partial charge is 0.0163 e. The molecule has 0 heterocycles. The summed E-state index contributed by atoms with van der Waals surface area (Å²) in [6.45, 7) is 5.98. The van der Waals surface area contributed by atoms with Crippen LogP contribution < -0.4 is 0 Å². The summed E-state index contributed by atoms with van der Waals surface area (Å²) in [4.78, 5) is 0. The first kappa shape index (κ1) is 16.0. The Morgan fingerprint density at radius 3 is 2.06 bits per heavy atom. The minimum absolute atomic E-state index is 1.01. The van der Waals surface area contributed by atoms with E-state index in [0.29, 0.717) is 0 Å². The first-order chi connectivity index (χ1) is 8.41. The van der Waals surface area contributed by atoms with Crippen LogP contribution in [0.1, 0.15) is 51.9 Å². The normalized spacial score (nSPS) is 12.8. The first-order valence-electron chi connectivity index (χ1n) is 6.84. The molecule has 0 fully saturated rings. The molecule has 17 heavy (non-hydrogen) atoms. The fourth-order valence-electron chi connectivity index (χ4n) is 1.40. The van der Waals surface area contributed by atoms with Crippen LogP contribution in [0.25, 0.3) is 0 Å². The van der Waals surface area contributed by atoms with Crippen molar-refractivity contribution in [2.75, 3.05) is 0 Å². The van der Waals surface area contributed by atoms with Gasteiger partial charge in [-0.05, 0) is 25.7 Å². The van der Waals surface area contributed by atoms with Gasteiger partial charge in [0, 0.05) is 0 Å². The molecule has 0 nitrogen and oxygen atoms in total. The van der Waals surface area contributed by atoms with Crippen molar-refractivity contribution in [3.8, 4) is 0 Å². The van der Waals surface area contributed by atoms with Gasteiger partial charge in [-0.25, -0.2) is 0 Å². The zero-order valence-electron chi connectivity index (χ0n) is 11.3. The van der Waals surface area contributed by atoms with Crippen LogP contribution in [-0.2, 0) is 0 Å². The Morgan fingerprint density at radius 2 is 1.41 bits per heavy atom. The van der Waals surface area contributed by atoms with Crippen LogP contribution in [-0.4, -0.2) is 0 Å². The van der Waals surface area contributed by atoms with Crippen molar-refractivity contribution in [1.82, 2.24) is 0 Å². The highest BCUT2D eigenvalue weighted by atomic mass is 13.9. The standard InChI is InChI=1S/C17H27/c1-3-5-7-9-11-13-15-17-16-14-12-10-8-6-4-2/h6,8,10,12-13,15-17H,1,3-5,7,9,11,14H2,2H3/b8-6+,12-10+,15-13+,17-16+. The van der Waals surface area contributed by atoms with Crippen molar-refractivity contribution >= 4 is 0 Å². The molecule has 0 aromatic carbocycles. The van der Waals surface area contributed by atoms with Crippen LogP contribution in [0.2, 0.25) is 0 Å². The number of rotatable bonds is 10. The summed E-state index contributed by atoms with van der Waals surface area (Å²) < 4.78 is 0. The zero-order valence-corrected chi connectivity index (χ0v) is 11.3. The molecule has 0 aliphatic carbocycles. The van der Waals surface area contributed by atoms with Crippen LogP contribution >= 0.6 is 0 Å². The highest BCUT2D eigenvalue weighted by molar-refractivity contribution is 5.08. The molecule has 0 atom stereocenters. The molecule has 0 spiro atoms. The van der Waals surface area contributed by atoms with Gasteiger partial charge in [-0.15, -0.1) is 0 Å². The second-order valence-electron chi connectivity index (χ2n) is 4.06. The molecular formula is C17H27. The molecule has 0 saturated heterocycles. The third-order valence-electron chi connectivity index (χ3n) is 2.40. The summed E-state index contributed by atoms with van der Waals surface area (Å²) in [5.41, 5.74) is 0. The lowest BCUT2D eigenvalue weighted by atomic mass is 10.1. The van der Waals surface area contributed by atoms with E-state index in [4.69, 9.17) is 0 Å². The predicted molar refractivity (Wildman–Crippen MR) is 79.9 cm³/mol. The summed E-state index contributed by atoms with van der Waals surface area (Å²) in [6.07, 6.45) is 25.5. The van der Waals surface area contributed by atoms with Crippen LogP contribution in [0.4, 0.5) is 0 Å². The van der Waals surface area contributed by atoms with Crippen LogP contribution in [0.3, 0.4) is 0 Å². The Balaban J connectivity index is 3.37. The molecule has 0 bridgehead atoms. The predicted octanol–water partition coefficient (Wildman–Crippen LogP) is 5.80. The largest absolute Gasteiger partial charge is 0.0848 e. The van der Waals surface area contributed by atoms with Gasteiger partial charge in [-0.2, -0.15) is 0 Å². The molecule has 95 valence electrons. The van der Waals surface area contributed by atoms with Gasteiger partial charge in [-0.1, -0.05) is 81.7 Å². The van der Waals surface area contributed by atoms with Gasteiger partial charge in [0.05, 0.1) is 0 Å². The number of allylic oxidation sites excluding steroid dienone is 8. The molecule has 0 aliphatic rings. The van der Waals surface area contributed by atoms with E-state index in [0.717, 1.165) is 19.3 Å². The lowest BCUT2D eigenvalue weighted by Crippen LogP contribution is -1.73. The Bertz CT molecular complexity index is 241. The zero-order chi connectivity index (χ0) is 12.6. The number of hydrogen-bond acceptors (Lipinski definition) is 0. The van der Waals surface area contributed by atoms with Gasteiger partial charge in [0.1, 0.15) is 0 Å². The summed E-state index contributed by atoms with van der Waals surface area (Å²) in [6, 6.07) is 0. The SMILES string of the molecule is [CH2]CCCCC/C=C/C=C/C/C=C/C=C/CC. The van der Waals surface area contributed by atoms with Gasteiger partial charge < -0.3 is 0 Å². The van der Waals surface area contributed by atoms with Gasteiger partial charge >= 0.3 is 0 Å². The second-order valence-corrected chi connectivity index (χ2v) is 4.06. The Hall–Kier alpha value is -1.04. The highest BCUT2D eigenvalue weighted by Gasteiger charge is 1.83. The minimum Gasteiger partial charge on any atom is -0.0848 e. The average Bonchev–Trinajstić information content (AvgIpc) is 2.35. The maximum Gasteiger partial charge on any atom is -0.0163 e. The lowest BCUT2D eigenvalue weighted by Gasteiger charge is -1.92. The van der Waals surface area contributed by atoms with Gasteiger partial charge in [0.15, 0.2) is 0 Å². The first-order valence-corrected chi connectivity index (χ1v) is 6.84. The molecule has 0 aliphatic heterocycles. The van der Waals surface area contributed by atoms with Crippen LogP contribution in [0.15, 0.2) is 48.6 Å². The summed E-state index contributed by atoms with van der Waals surface area (Å²) in [7, 11) is 0. The van der Waals surface area contributed by atoms with Crippen molar-refractivity contribution in [3.63, 3.8) is 0 Å². The van der Waals surface area contributed by atoms with E-state index in [-0.39, 0.29) is 0 Å². The Labute approximate surface area is 108 Å². The second kappa shape index (κ2) is 15.0. The molecule has 0 unspecified atom stereocenters. The molecule has 0 aromatic rings. The van der Waals surface area contributed by atoms with Gasteiger partial charge in [0.25, 0.3) is 0 Å². The van der Waals surface area contributed by atoms with Crippen molar-refractivity contribution in [1.29, 1.82) is 0 Å². The Kier molecular flexibility index (Phi) is 14.0. The third kappa shape index (κ3) is 15.0. The average molecular weight is 231 g/mol. The van der Waals surface area contributed by atoms with Gasteiger partial charge in [0.2, 0.25) is 0 Å². The minimum atomic E-state index is 1.01. The Morgan fingerprint density at radius 1 is 0.765 bits per heavy atom. The third-order valence-corrected chi connectivity index (χ3v) is 2.40. The molecule has 0 aromatic heterocycles.